The Bertz CT molecular complexity index is 460. The fourth-order valence-corrected chi connectivity index (χ4v) is 2.33. The van der Waals surface area contributed by atoms with Crippen molar-refractivity contribution in [1.82, 2.24) is 5.32 Å². The summed E-state index contributed by atoms with van der Waals surface area (Å²) < 4.78 is 10.8. The van der Waals surface area contributed by atoms with Gasteiger partial charge in [0.05, 0.1) is 6.10 Å². The lowest BCUT2D eigenvalue weighted by atomic mass is 10.2. The number of carboxylic acids is 1. The van der Waals surface area contributed by atoms with E-state index in [9.17, 15) is 4.79 Å². The topological polar surface area (TPSA) is 67.8 Å². The number of carboxylic acid groups (broad SMARTS) is 1. The lowest BCUT2D eigenvalue weighted by Crippen LogP contribution is -2.26. The van der Waals surface area contributed by atoms with Gasteiger partial charge in [-0.05, 0) is 31.0 Å². The molecule has 2 rings (SSSR count). The van der Waals surface area contributed by atoms with E-state index in [1.54, 1.807) is 18.2 Å². The van der Waals surface area contributed by atoms with Crippen LogP contribution in [0.1, 0.15) is 18.4 Å². The van der Waals surface area contributed by atoms with Crippen molar-refractivity contribution in [2.75, 3.05) is 19.8 Å². The summed E-state index contributed by atoms with van der Waals surface area (Å²) >= 11 is 5.96. The molecule has 0 saturated carbocycles. The third-order valence-electron chi connectivity index (χ3n) is 3.09. The van der Waals surface area contributed by atoms with Gasteiger partial charge >= 0.3 is 5.97 Å². The van der Waals surface area contributed by atoms with Crippen LogP contribution in [0, 0.1) is 0 Å². The van der Waals surface area contributed by atoms with Crippen molar-refractivity contribution in [2.24, 2.45) is 0 Å². The zero-order valence-electron chi connectivity index (χ0n) is 11.1. The van der Waals surface area contributed by atoms with Gasteiger partial charge in [-0.1, -0.05) is 11.6 Å². The Morgan fingerprint density at radius 3 is 3.10 bits per heavy atom. The number of benzene rings is 1. The predicted octanol–water partition coefficient (Wildman–Crippen LogP) is 2.07. The Hall–Kier alpha value is -1.30. The second kappa shape index (κ2) is 7.47. The Kier molecular flexibility index (Phi) is 5.64. The van der Waals surface area contributed by atoms with Gasteiger partial charge in [0.15, 0.2) is 6.61 Å². The van der Waals surface area contributed by atoms with Crippen LogP contribution in [0.25, 0.3) is 0 Å². The van der Waals surface area contributed by atoms with Crippen molar-refractivity contribution >= 4 is 17.6 Å². The van der Waals surface area contributed by atoms with E-state index in [-0.39, 0.29) is 12.7 Å². The molecule has 6 heteroatoms. The highest BCUT2D eigenvalue weighted by molar-refractivity contribution is 6.30. The molecule has 5 nitrogen and oxygen atoms in total. The van der Waals surface area contributed by atoms with Crippen molar-refractivity contribution in [2.45, 2.75) is 25.5 Å². The summed E-state index contributed by atoms with van der Waals surface area (Å²) in [6.45, 7) is 1.80. The smallest absolute Gasteiger partial charge is 0.341 e. The average Bonchev–Trinajstić information content (AvgIpc) is 2.91. The number of carbonyl (C=O) groups is 1. The average molecular weight is 300 g/mol. The van der Waals surface area contributed by atoms with Crippen LogP contribution in [0.4, 0.5) is 0 Å². The summed E-state index contributed by atoms with van der Waals surface area (Å²) in [5.74, 6) is -0.463. The van der Waals surface area contributed by atoms with Gasteiger partial charge in [-0.2, -0.15) is 0 Å². The predicted molar refractivity (Wildman–Crippen MR) is 75.3 cm³/mol. The molecule has 0 radical (unpaired) electrons. The minimum absolute atomic E-state index is 0.262. The number of halogens is 1. The van der Waals surface area contributed by atoms with Crippen molar-refractivity contribution in [3.8, 4) is 5.75 Å². The maximum absolute atomic E-state index is 10.6. The van der Waals surface area contributed by atoms with E-state index in [0.29, 0.717) is 17.3 Å². The summed E-state index contributed by atoms with van der Waals surface area (Å²) in [6, 6.07) is 5.15. The molecule has 1 heterocycles. The summed E-state index contributed by atoms with van der Waals surface area (Å²) in [5, 5.41) is 12.5. The van der Waals surface area contributed by atoms with E-state index < -0.39 is 5.97 Å². The number of rotatable bonds is 7. The monoisotopic (exact) mass is 299 g/mol. The van der Waals surface area contributed by atoms with E-state index in [1.807, 2.05) is 0 Å². The minimum atomic E-state index is -1.00. The van der Waals surface area contributed by atoms with Crippen molar-refractivity contribution in [1.29, 1.82) is 0 Å². The van der Waals surface area contributed by atoms with Gasteiger partial charge in [0.2, 0.25) is 0 Å². The lowest BCUT2D eigenvalue weighted by Gasteiger charge is -2.14. The van der Waals surface area contributed by atoms with Gasteiger partial charge in [0.25, 0.3) is 0 Å². The Morgan fingerprint density at radius 1 is 1.55 bits per heavy atom. The number of hydrogen-bond acceptors (Lipinski definition) is 4. The van der Waals surface area contributed by atoms with Crippen LogP contribution in [0.2, 0.25) is 5.02 Å². The molecular weight excluding hydrogens is 282 g/mol. The number of ether oxygens (including phenoxy) is 2. The summed E-state index contributed by atoms with van der Waals surface area (Å²) in [4.78, 5) is 10.6. The maximum atomic E-state index is 10.6. The van der Waals surface area contributed by atoms with E-state index in [2.05, 4.69) is 5.32 Å². The van der Waals surface area contributed by atoms with E-state index in [1.165, 1.54) is 0 Å². The van der Waals surface area contributed by atoms with E-state index in [4.69, 9.17) is 26.2 Å². The minimum Gasteiger partial charge on any atom is -0.482 e. The normalized spacial score (nSPS) is 18.1. The SMILES string of the molecule is O=C(O)COc1ccc(Cl)cc1CNCC1CCCO1. The largest absolute Gasteiger partial charge is 0.482 e. The van der Waals surface area contributed by atoms with Gasteiger partial charge < -0.3 is 19.9 Å². The Balaban J connectivity index is 1.90. The van der Waals surface area contributed by atoms with Crippen LogP contribution in [-0.4, -0.2) is 36.9 Å². The van der Waals surface area contributed by atoms with Crippen LogP contribution >= 0.6 is 11.6 Å². The molecule has 20 heavy (non-hydrogen) atoms. The standard InChI is InChI=1S/C14H18ClNO4/c15-11-3-4-13(20-9-14(17)18)10(6-11)7-16-8-12-2-1-5-19-12/h3-4,6,12,16H,1-2,5,7-9H2,(H,17,18). The Morgan fingerprint density at radius 2 is 2.40 bits per heavy atom. The molecule has 1 atom stereocenters. The third kappa shape index (κ3) is 4.67. The number of aliphatic carboxylic acids is 1. The quantitative estimate of drug-likeness (QED) is 0.807. The maximum Gasteiger partial charge on any atom is 0.341 e. The van der Waals surface area contributed by atoms with Crippen LogP contribution in [0.5, 0.6) is 5.75 Å². The van der Waals surface area contributed by atoms with Crippen LogP contribution in [0.15, 0.2) is 18.2 Å². The first-order valence-electron chi connectivity index (χ1n) is 6.60. The van der Waals surface area contributed by atoms with Gasteiger partial charge in [-0.15, -0.1) is 0 Å². The highest BCUT2D eigenvalue weighted by atomic mass is 35.5. The zero-order chi connectivity index (χ0) is 14.4. The first-order valence-corrected chi connectivity index (χ1v) is 6.98. The molecule has 1 saturated heterocycles. The third-order valence-corrected chi connectivity index (χ3v) is 3.32. The lowest BCUT2D eigenvalue weighted by molar-refractivity contribution is -0.139. The fourth-order valence-electron chi connectivity index (χ4n) is 2.14. The molecule has 110 valence electrons. The molecule has 0 spiro atoms. The molecule has 0 bridgehead atoms. The molecule has 0 amide bonds. The van der Waals surface area contributed by atoms with Crippen molar-refractivity contribution in [3.05, 3.63) is 28.8 Å². The van der Waals surface area contributed by atoms with Crippen LogP contribution in [0.3, 0.4) is 0 Å². The zero-order valence-corrected chi connectivity index (χ0v) is 11.9. The molecule has 2 N–H and O–H groups in total. The molecule has 1 unspecified atom stereocenters. The first kappa shape index (κ1) is 15.1. The Labute approximate surface area is 122 Å². The molecule has 0 aromatic heterocycles. The molecule has 1 aliphatic rings. The fraction of sp³-hybridized carbons (Fsp3) is 0.500. The first-order chi connectivity index (χ1) is 9.65. The van der Waals surface area contributed by atoms with Crippen LogP contribution in [-0.2, 0) is 16.1 Å². The number of hydrogen-bond donors (Lipinski definition) is 2. The highest BCUT2D eigenvalue weighted by Crippen LogP contribution is 2.23. The molecule has 0 aliphatic carbocycles. The second-order valence-electron chi connectivity index (χ2n) is 4.70. The highest BCUT2D eigenvalue weighted by Gasteiger charge is 2.15. The number of nitrogens with one attached hydrogen (secondary N) is 1. The molecule has 1 fully saturated rings. The van der Waals surface area contributed by atoms with Crippen molar-refractivity contribution in [3.63, 3.8) is 0 Å². The van der Waals surface area contributed by atoms with E-state index >= 15 is 0 Å². The van der Waals surface area contributed by atoms with Gasteiger partial charge in [0.1, 0.15) is 5.75 Å². The molecule has 1 aromatic carbocycles. The van der Waals surface area contributed by atoms with Crippen LogP contribution < -0.4 is 10.1 Å². The molecule has 1 aliphatic heterocycles. The second-order valence-corrected chi connectivity index (χ2v) is 5.14. The van der Waals surface area contributed by atoms with E-state index in [0.717, 1.165) is 31.6 Å². The molecule has 1 aromatic rings. The summed E-state index contributed by atoms with van der Waals surface area (Å²) in [7, 11) is 0. The van der Waals surface area contributed by atoms with Crippen molar-refractivity contribution < 1.29 is 19.4 Å². The van der Waals surface area contributed by atoms with Gasteiger partial charge in [0, 0.05) is 30.3 Å². The van der Waals surface area contributed by atoms with Gasteiger partial charge in [-0.25, -0.2) is 4.79 Å². The molecular formula is C14H18ClNO4. The van der Waals surface area contributed by atoms with Gasteiger partial charge in [-0.3, -0.25) is 0 Å². The summed E-state index contributed by atoms with van der Waals surface area (Å²) in [6.07, 6.45) is 2.44. The summed E-state index contributed by atoms with van der Waals surface area (Å²) in [5.41, 5.74) is 0.844.